The minimum atomic E-state index is -0.185. The number of para-hydroxylation sites is 1. The maximum Gasteiger partial charge on any atom is 0.251 e. The van der Waals surface area contributed by atoms with Crippen molar-refractivity contribution in [2.45, 2.75) is 0 Å². The maximum absolute atomic E-state index is 11.8. The van der Waals surface area contributed by atoms with E-state index in [1.165, 1.54) is 0 Å². The lowest BCUT2D eigenvalue weighted by molar-refractivity contribution is 0.0947. The molecule has 2 aromatic rings. The summed E-state index contributed by atoms with van der Waals surface area (Å²) in [7, 11) is 0. The topological polar surface area (TPSA) is 38.3 Å². The molecule has 0 aromatic heterocycles. The zero-order valence-electron chi connectivity index (χ0n) is 10.6. The van der Waals surface area contributed by atoms with Gasteiger partial charge in [0, 0.05) is 10.6 Å². The molecular formula is C15H13Cl2NO2. The van der Waals surface area contributed by atoms with Gasteiger partial charge in [0.1, 0.15) is 12.4 Å². The lowest BCUT2D eigenvalue weighted by Crippen LogP contribution is -2.28. The molecule has 0 heterocycles. The zero-order chi connectivity index (χ0) is 14.4. The Hall–Kier alpha value is -1.71. The van der Waals surface area contributed by atoms with Gasteiger partial charge in [-0.15, -0.1) is 0 Å². The van der Waals surface area contributed by atoms with E-state index in [2.05, 4.69) is 5.32 Å². The Morgan fingerprint density at radius 3 is 2.65 bits per heavy atom. The van der Waals surface area contributed by atoms with Crippen LogP contribution >= 0.6 is 23.2 Å². The summed E-state index contributed by atoms with van der Waals surface area (Å²) >= 11 is 11.8. The molecule has 104 valence electrons. The number of nitrogens with one attached hydrogen (secondary N) is 1. The van der Waals surface area contributed by atoms with Crippen molar-refractivity contribution in [2.75, 3.05) is 13.2 Å². The van der Waals surface area contributed by atoms with E-state index in [4.69, 9.17) is 27.9 Å². The molecule has 5 heteroatoms. The quantitative estimate of drug-likeness (QED) is 0.853. The number of hydrogen-bond donors (Lipinski definition) is 1. The lowest BCUT2D eigenvalue weighted by Gasteiger charge is -2.09. The van der Waals surface area contributed by atoms with Crippen molar-refractivity contribution in [1.29, 1.82) is 0 Å². The Morgan fingerprint density at radius 1 is 1.10 bits per heavy atom. The van der Waals surface area contributed by atoms with Crippen molar-refractivity contribution in [2.24, 2.45) is 0 Å². The van der Waals surface area contributed by atoms with Crippen LogP contribution in [0.5, 0.6) is 5.75 Å². The third-order valence-electron chi connectivity index (χ3n) is 2.57. The Morgan fingerprint density at radius 2 is 1.90 bits per heavy atom. The van der Waals surface area contributed by atoms with Crippen LogP contribution in [0.4, 0.5) is 0 Å². The highest BCUT2D eigenvalue weighted by atomic mass is 35.5. The van der Waals surface area contributed by atoms with Crippen molar-refractivity contribution in [3.8, 4) is 5.75 Å². The monoisotopic (exact) mass is 309 g/mol. The number of amides is 1. The van der Waals surface area contributed by atoms with E-state index in [9.17, 15) is 4.79 Å². The number of carbonyl (C=O) groups is 1. The second-order valence-electron chi connectivity index (χ2n) is 4.05. The molecule has 1 amide bonds. The first kappa shape index (κ1) is 14.7. The fraction of sp³-hybridized carbons (Fsp3) is 0.133. The van der Waals surface area contributed by atoms with Gasteiger partial charge < -0.3 is 10.1 Å². The molecule has 0 atom stereocenters. The van der Waals surface area contributed by atoms with E-state index in [0.717, 1.165) is 0 Å². The van der Waals surface area contributed by atoms with Gasteiger partial charge in [-0.1, -0.05) is 41.4 Å². The number of hydrogen-bond acceptors (Lipinski definition) is 2. The summed E-state index contributed by atoms with van der Waals surface area (Å²) in [6.07, 6.45) is 0. The molecule has 2 aromatic carbocycles. The molecule has 0 aliphatic rings. The summed E-state index contributed by atoms with van der Waals surface area (Å²) in [5.41, 5.74) is 0.523. The normalized spacial score (nSPS) is 10.1. The smallest absolute Gasteiger partial charge is 0.251 e. The van der Waals surface area contributed by atoms with Gasteiger partial charge in [-0.3, -0.25) is 4.79 Å². The van der Waals surface area contributed by atoms with Gasteiger partial charge in [-0.05, 0) is 30.3 Å². The van der Waals surface area contributed by atoms with Gasteiger partial charge in [-0.25, -0.2) is 0 Å². The maximum atomic E-state index is 11.8. The van der Waals surface area contributed by atoms with E-state index in [1.807, 2.05) is 12.1 Å². The molecular weight excluding hydrogens is 297 g/mol. The predicted molar refractivity (Wildman–Crippen MR) is 80.7 cm³/mol. The highest BCUT2D eigenvalue weighted by Crippen LogP contribution is 2.22. The van der Waals surface area contributed by atoms with Gasteiger partial charge in [0.25, 0.3) is 5.91 Å². The molecule has 0 bridgehead atoms. The van der Waals surface area contributed by atoms with Gasteiger partial charge in [0.15, 0.2) is 0 Å². The van der Waals surface area contributed by atoms with Crippen molar-refractivity contribution in [1.82, 2.24) is 5.32 Å². The fourth-order valence-electron chi connectivity index (χ4n) is 1.62. The van der Waals surface area contributed by atoms with Crippen molar-refractivity contribution in [3.05, 3.63) is 64.1 Å². The first-order chi connectivity index (χ1) is 9.66. The first-order valence-electron chi connectivity index (χ1n) is 6.08. The Kier molecular flexibility index (Phi) is 5.27. The molecule has 0 aliphatic carbocycles. The number of ether oxygens (including phenoxy) is 1. The minimum absolute atomic E-state index is 0.185. The highest BCUT2D eigenvalue weighted by molar-refractivity contribution is 6.32. The second kappa shape index (κ2) is 7.17. The van der Waals surface area contributed by atoms with Crippen LogP contribution in [0.3, 0.4) is 0 Å². The molecule has 0 saturated heterocycles. The van der Waals surface area contributed by atoms with Crippen molar-refractivity contribution in [3.63, 3.8) is 0 Å². The van der Waals surface area contributed by atoms with Gasteiger partial charge in [0.2, 0.25) is 0 Å². The van der Waals surface area contributed by atoms with Gasteiger partial charge in [0.05, 0.1) is 11.6 Å². The molecule has 0 radical (unpaired) electrons. The molecule has 1 N–H and O–H groups in total. The van der Waals surface area contributed by atoms with Crippen LogP contribution in [0.2, 0.25) is 10.0 Å². The van der Waals surface area contributed by atoms with Crippen LogP contribution in [0.15, 0.2) is 48.5 Å². The fourth-order valence-corrected chi connectivity index (χ4v) is 2.00. The summed E-state index contributed by atoms with van der Waals surface area (Å²) in [5, 5.41) is 3.83. The summed E-state index contributed by atoms with van der Waals surface area (Å²) in [5.74, 6) is 0.418. The molecule has 0 unspecified atom stereocenters. The summed E-state index contributed by atoms with van der Waals surface area (Å²) in [6, 6.07) is 14.0. The van der Waals surface area contributed by atoms with E-state index < -0.39 is 0 Å². The van der Waals surface area contributed by atoms with Crippen LogP contribution in [-0.2, 0) is 0 Å². The third kappa shape index (κ3) is 4.15. The SMILES string of the molecule is O=C(NCCOc1ccccc1Cl)c1cccc(Cl)c1. The van der Waals surface area contributed by atoms with E-state index in [-0.39, 0.29) is 5.91 Å². The van der Waals surface area contributed by atoms with Gasteiger partial charge >= 0.3 is 0 Å². The Balaban J connectivity index is 1.79. The van der Waals surface area contributed by atoms with E-state index >= 15 is 0 Å². The molecule has 2 rings (SSSR count). The van der Waals surface area contributed by atoms with Crippen LogP contribution < -0.4 is 10.1 Å². The Labute approximate surface area is 127 Å². The Bertz CT molecular complexity index is 602. The summed E-state index contributed by atoms with van der Waals surface area (Å²) in [4.78, 5) is 11.8. The predicted octanol–water partition coefficient (Wildman–Crippen LogP) is 3.80. The molecule has 20 heavy (non-hydrogen) atoms. The van der Waals surface area contributed by atoms with Crippen LogP contribution in [0.25, 0.3) is 0 Å². The standard InChI is InChI=1S/C15H13Cl2NO2/c16-12-5-3-4-11(10-12)15(19)18-8-9-20-14-7-2-1-6-13(14)17/h1-7,10H,8-9H2,(H,18,19). The molecule has 0 saturated carbocycles. The number of rotatable bonds is 5. The third-order valence-corrected chi connectivity index (χ3v) is 3.12. The van der Waals surface area contributed by atoms with E-state index in [0.29, 0.717) is 34.5 Å². The number of carbonyl (C=O) groups excluding carboxylic acids is 1. The lowest BCUT2D eigenvalue weighted by atomic mass is 10.2. The van der Waals surface area contributed by atoms with Gasteiger partial charge in [-0.2, -0.15) is 0 Å². The number of benzene rings is 2. The van der Waals surface area contributed by atoms with Crippen molar-refractivity contribution >= 4 is 29.1 Å². The average Bonchev–Trinajstić information content (AvgIpc) is 2.45. The molecule has 3 nitrogen and oxygen atoms in total. The van der Waals surface area contributed by atoms with Crippen LogP contribution in [0.1, 0.15) is 10.4 Å². The summed E-state index contributed by atoms with van der Waals surface area (Å²) in [6.45, 7) is 0.729. The molecule has 0 spiro atoms. The average molecular weight is 310 g/mol. The van der Waals surface area contributed by atoms with E-state index in [1.54, 1.807) is 36.4 Å². The highest BCUT2D eigenvalue weighted by Gasteiger charge is 2.05. The van der Waals surface area contributed by atoms with Crippen LogP contribution in [-0.4, -0.2) is 19.1 Å². The van der Waals surface area contributed by atoms with Crippen molar-refractivity contribution < 1.29 is 9.53 Å². The summed E-state index contributed by atoms with van der Waals surface area (Å²) < 4.78 is 5.47. The number of halogens is 2. The second-order valence-corrected chi connectivity index (χ2v) is 4.89. The van der Waals surface area contributed by atoms with Crippen LogP contribution in [0, 0.1) is 0 Å². The first-order valence-corrected chi connectivity index (χ1v) is 6.83. The molecule has 0 aliphatic heterocycles. The zero-order valence-corrected chi connectivity index (χ0v) is 12.1. The molecule has 0 fully saturated rings. The largest absolute Gasteiger partial charge is 0.490 e. The minimum Gasteiger partial charge on any atom is -0.490 e.